The smallest absolute Gasteiger partial charge is 0.293 e. The molecule has 8 bridgehead atoms. The van der Waals surface area contributed by atoms with Gasteiger partial charge in [0.15, 0.2) is 0 Å². The molecule has 9 nitrogen and oxygen atoms in total. The fourth-order valence-electron chi connectivity index (χ4n) is 7.37. The number of nitrogens with zero attached hydrogens (tertiary/aromatic N) is 3. The van der Waals surface area contributed by atoms with Gasteiger partial charge in [-0.2, -0.15) is 0 Å². The van der Waals surface area contributed by atoms with E-state index in [4.69, 9.17) is 9.97 Å². The van der Waals surface area contributed by atoms with E-state index < -0.39 is 10.8 Å². The van der Waals surface area contributed by atoms with Crippen LogP contribution in [-0.4, -0.2) is 30.8 Å². The second kappa shape index (κ2) is 13.7. The maximum Gasteiger partial charge on any atom is 0.293 e. The number of fused-ring (bicyclic) bond motifs is 8. The van der Waals surface area contributed by atoms with Crippen LogP contribution in [0.5, 0.6) is 0 Å². The first kappa shape index (κ1) is 33.2. The Morgan fingerprint density at radius 3 is 1.24 bits per heavy atom. The lowest BCUT2D eigenvalue weighted by molar-refractivity contribution is -0.383. The highest BCUT2D eigenvalue weighted by molar-refractivity contribution is 6.00. The zero-order valence-corrected chi connectivity index (χ0v) is 29.6. The van der Waals surface area contributed by atoms with Gasteiger partial charge in [-0.05, 0) is 76.9 Å². The highest BCUT2D eigenvalue weighted by Crippen LogP contribution is 2.39. The highest BCUT2D eigenvalue weighted by atomic mass is 16.6. The van der Waals surface area contributed by atoms with E-state index in [0.29, 0.717) is 22.3 Å². The van der Waals surface area contributed by atoms with Crippen molar-refractivity contribution in [1.29, 1.82) is 0 Å². The van der Waals surface area contributed by atoms with E-state index in [0.717, 1.165) is 67.0 Å². The fourth-order valence-corrected chi connectivity index (χ4v) is 7.37. The lowest BCUT2D eigenvalue weighted by atomic mass is 10.0. The van der Waals surface area contributed by atoms with Gasteiger partial charge in [0.25, 0.3) is 5.69 Å². The van der Waals surface area contributed by atoms with Gasteiger partial charge in [-0.25, -0.2) is 9.97 Å². The summed E-state index contributed by atoms with van der Waals surface area (Å²) in [6.45, 7) is 1.32. The molecule has 9 heteroatoms. The van der Waals surface area contributed by atoms with Gasteiger partial charge in [0.2, 0.25) is 5.91 Å². The van der Waals surface area contributed by atoms with Crippen LogP contribution in [0.4, 0.5) is 11.4 Å². The third-order valence-corrected chi connectivity index (χ3v) is 9.74. The molecule has 9 rings (SSSR count). The Hall–Kier alpha value is -7.65. The molecule has 4 aromatic carbocycles. The van der Waals surface area contributed by atoms with E-state index in [2.05, 4.69) is 69.9 Å². The van der Waals surface area contributed by atoms with Crippen LogP contribution in [0.3, 0.4) is 0 Å². The van der Waals surface area contributed by atoms with Crippen LogP contribution >= 0.6 is 0 Å². The van der Waals surface area contributed by atoms with Gasteiger partial charge >= 0.3 is 0 Å². The minimum absolute atomic E-state index is 0.116. The van der Waals surface area contributed by atoms with Gasteiger partial charge in [0.05, 0.1) is 27.7 Å². The Morgan fingerprint density at radius 1 is 0.527 bits per heavy atom. The maximum absolute atomic E-state index is 12.4. The van der Waals surface area contributed by atoms with Crippen molar-refractivity contribution in [3.8, 4) is 44.5 Å². The molecule has 264 valence electrons. The normalized spacial score (nSPS) is 11.8. The minimum atomic E-state index is -0.486. The number of anilines is 1. The van der Waals surface area contributed by atoms with Crippen LogP contribution in [0.2, 0.25) is 0 Å². The van der Waals surface area contributed by atoms with Gasteiger partial charge in [-0.3, -0.25) is 14.9 Å². The number of benzene rings is 4. The molecule has 0 saturated carbocycles. The molecule has 0 spiro atoms. The standard InChI is InChI=1S/C46H32N6O3/c1-28(53)47-33-18-17-32(27-42(33)52(54)55)46-40-25-23-38(50-40)44(30-13-7-3-8-14-30)36-21-19-34(48-36)43(29-11-5-2-6-12-29)35-20-22-37(49-35)45(31-15-9-4-10-16-31)39-24-26-41(46)51-39/h2-27,48,51H,1H3,(H,47,53). The molecule has 1 amide bonds. The maximum atomic E-state index is 12.4. The van der Waals surface area contributed by atoms with Crippen molar-refractivity contribution in [2.45, 2.75) is 6.92 Å². The summed E-state index contributed by atoms with van der Waals surface area (Å²) in [5.41, 5.74) is 13.0. The third-order valence-electron chi connectivity index (χ3n) is 9.74. The molecule has 55 heavy (non-hydrogen) atoms. The topological polar surface area (TPSA) is 130 Å². The van der Waals surface area contributed by atoms with Crippen LogP contribution in [0.15, 0.2) is 133 Å². The van der Waals surface area contributed by atoms with E-state index in [1.807, 2.05) is 85.0 Å². The molecular weight excluding hydrogens is 685 g/mol. The molecule has 7 aromatic rings. The van der Waals surface area contributed by atoms with Crippen LogP contribution in [0.1, 0.15) is 29.7 Å². The Labute approximate surface area is 315 Å². The number of aromatic nitrogens is 4. The number of hydrogen-bond donors (Lipinski definition) is 3. The number of carbonyl (C=O) groups is 1. The Bertz CT molecular complexity index is 2850. The van der Waals surface area contributed by atoms with Crippen molar-refractivity contribution in [2.75, 3.05) is 5.32 Å². The predicted molar refractivity (Wildman–Crippen MR) is 222 cm³/mol. The average molecular weight is 717 g/mol. The number of nitro benzene ring substituents is 1. The number of nitro groups is 1. The van der Waals surface area contributed by atoms with E-state index >= 15 is 0 Å². The highest BCUT2D eigenvalue weighted by Gasteiger charge is 2.21. The van der Waals surface area contributed by atoms with Gasteiger partial charge < -0.3 is 15.3 Å². The molecule has 0 unspecified atom stereocenters. The predicted octanol–water partition coefficient (Wildman–Crippen LogP) is 11.2. The number of carbonyl (C=O) groups excluding carboxylic acids is 1. The molecule has 3 aromatic heterocycles. The molecule has 0 saturated heterocycles. The number of hydrogen-bond acceptors (Lipinski definition) is 5. The monoisotopic (exact) mass is 716 g/mol. The molecule has 2 aliphatic heterocycles. The molecule has 5 heterocycles. The van der Waals surface area contributed by atoms with E-state index in [1.165, 1.54) is 13.0 Å². The van der Waals surface area contributed by atoms with Gasteiger partial charge in [-0.15, -0.1) is 0 Å². The average Bonchev–Trinajstić information content (AvgIpc) is 4.04. The molecule has 0 atom stereocenters. The van der Waals surface area contributed by atoms with Crippen molar-refractivity contribution in [1.82, 2.24) is 19.9 Å². The summed E-state index contributed by atoms with van der Waals surface area (Å²) in [5.74, 6) is -0.400. The van der Waals surface area contributed by atoms with Gasteiger partial charge in [0, 0.05) is 57.3 Å². The second-order valence-corrected chi connectivity index (χ2v) is 13.3. The zero-order chi connectivity index (χ0) is 37.5. The summed E-state index contributed by atoms with van der Waals surface area (Å²) in [7, 11) is 0. The van der Waals surface area contributed by atoms with Crippen molar-refractivity contribution in [2.24, 2.45) is 0 Å². The third kappa shape index (κ3) is 6.19. The number of aromatic amines is 2. The molecule has 0 radical (unpaired) electrons. The quantitative estimate of drug-likeness (QED) is 0.116. The van der Waals surface area contributed by atoms with Crippen molar-refractivity contribution >= 4 is 63.7 Å². The van der Waals surface area contributed by atoms with E-state index in [-0.39, 0.29) is 11.4 Å². The number of nitrogens with one attached hydrogen (secondary N) is 3. The van der Waals surface area contributed by atoms with Crippen LogP contribution in [0, 0.1) is 10.1 Å². The first-order valence-electron chi connectivity index (χ1n) is 17.8. The van der Waals surface area contributed by atoms with Crippen LogP contribution in [-0.2, 0) is 4.79 Å². The van der Waals surface area contributed by atoms with Crippen LogP contribution < -0.4 is 5.32 Å². The number of H-pyrrole nitrogens is 2. The van der Waals surface area contributed by atoms with Crippen molar-refractivity contribution in [3.63, 3.8) is 0 Å². The summed E-state index contributed by atoms with van der Waals surface area (Å²) in [4.78, 5) is 41.8. The molecule has 2 aliphatic rings. The van der Waals surface area contributed by atoms with Crippen molar-refractivity contribution < 1.29 is 9.72 Å². The molecule has 3 N–H and O–H groups in total. The molecular formula is C46H32N6O3. The van der Waals surface area contributed by atoms with Gasteiger partial charge in [0.1, 0.15) is 5.69 Å². The van der Waals surface area contributed by atoms with E-state index in [1.54, 1.807) is 12.1 Å². The first-order chi connectivity index (χ1) is 26.9. The lowest BCUT2D eigenvalue weighted by Gasteiger charge is -2.08. The minimum Gasteiger partial charge on any atom is -0.354 e. The fraction of sp³-hybridized carbons (Fsp3) is 0.0217. The largest absolute Gasteiger partial charge is 0.354 e. The lowest BCUT2D eigenvalue weighted by Crippen LogP contribution is -2.08. The van der Waals surface area contributed by atoms with Gasteiger partial charge in [-0.1, -0.05) is 97.1 Å². The Balaban J connectivity index is 1.45. The molecule has 0 fully saturated rings. The summed E-state index contributed by atoms with van der Waals surface area (Å²) >= 11 is 0. The summed E-state index contributed by atoms with van der Waals surface area (Å²) in [6.07, 6.45) is 8.03. The zero-order valence-electron chi connectivity index (χ0n) is 29.6. The summed E-state index contributed by atoms with van der Waals surface area (Å²) in [5, 5.41) is 15.0. The summed E-state index contributed by atoms with van der Waals surface area (Å²) in [6, 6.07) is 43.4. The second-order valence-electron chi connectivity index (χ2n) is 13.3. The van der Waals surface area contributed by atoms with Crippen LogP contribution in [0.25, 0.3) is 90.9 Å². The number of amides is 1. The van der Waals surface area contributed by atoms with Crippen molar-refractivity contribution in [3.05, 3.63) is 166 Å². The number of rotatable bonds is 6. The Kier molecular flexibility index (Phi) is 8.28. The Morgan fingerprint density at radius 2 is 0.891 bits per heavy atom. The SMILES string of the molecule is CC(=O)Nc1ccc(-c2c3nc(c(-c4ccccc4)c4ccc([nH]4)c(-c4ccccc4)c4nc(c(-c5ccccc5)c5ccc2[nH]5)C=C4)C=C3)cc1[N+](=O)[O-]. The van der Waals surface area contributed by atoms with E-state index in [9.17, 15) is 14.9 Å². The first-order valence-corrected chi connectivity index (χ1v) is 17.8. The molecule has 0 aliphatic carbocycles. The summed E-state index contributed by atoms with van der Waals surface area (Å²) < 4.78 is 0.